The Bertz CT molecular complexity index is 118. The van der Waals surface area contributed by atoms with Gasteiger partial charge >= 0.3 is 0 Å². The fourth-order valence-corrected chi connectivity index (χ4v) is 2.29. The average Bonchev–Trinajstić information content (AvgIpc) is 2.06. The third kappa shape index (κ3) is 0.956. The second-order valence-electron chi connectivity index (χ2n) is 3.58. The Labute approximate surface area is 61.8 Å². The highest BCUT2D eigenvalue weighted by molar-refractivity contribution is 4.85. The van der Waals surface area contributed by atoms with Gasteiger partial charge in [-0.2, -0.15) is 0 Å². The fraction of sp³-hybridized carbons (Fsp3) is 1.00. The van der Waals surface area contributed by atoms with Gasteiger partial charge in [-0.1, -0.05) is 0 Å². The van der Waals surface area contributed by atoms with Crippen molar-refractivity contribution in [3.05, 3.63) is 0 Å². The molecule has 3 aliphatic rings. The van der Waals surface area contributed by atoms with Crippen molar-refractivity contribution in [1.29, 1.82) is 0 Å². The van der Waals surface area contributed by atoms with Gasteiger partial charge < -0.3 is 10.0 Å². The van der Waals surface area contributed by atoms with E-state index < -0.39 is 0 Å². The molecule has 0 amide bonds. The van der Waals surface area contributed by atoms with Crippen LogP contribution < -0.4 is 0 Å². The molecule has 0 aliphatic carbocycles. The Kier molecular flexibility index (Phi) is 1.66. The molecule has 2 nitrogen and oxygen atoms in total. The van der Waals surface area contributed by atoms with Gasteiger partial charge in [0.15, 0.2) is 0 Å². The van der Waals surface area contributed by atoms with Gasteiger partial charge in [0.1, 0.15) is 0 Å². The predicted octanol–water partition coefficient (Wildman–Crippen LogP) is 0.320. The van der Waals surface area contributed by atoms with Gasteiger partial charge in [0.2, 0.25) is 0 Å². The number of hydrogen-bond donors (Lipinski definition) is 1. The number of nitrogens with zero attached hydrogens (tertiary/aromatic N) is 1. The highest BCUT2D eigenvalue weighted by Crippen LogP contribution is 2.31. The zero-order chi connectivity index (χ0) is 6.97. The van der Waals surface area contributed by atoms with Crippen LogP contribution in [0.2, 0.25) is 0 Å². The molecule has 3 saturated heterocycles. The first-order valence-electron chi connectivity index (χ1n) is 4.23. The maximum absolute atomic E-state index is 8.99. The van der Waals surface area contributed by atoms with Gasteiger partial charge in [0.05, 0.1) is 0 Å². The minimum Gasteiger partial charge on any atom is -0.396 e. The molecule has 0 aromatic carbocycles. The van der Waals surface area contributed by atoms with Crippen LogP contribution >= 0.6 is 0 Å². The summed E-state index contributed by atoms with van der Waals surface area (Å²) in [6.45, 7) is 4.12. The molecule has 0 unspecified atom stereocenters. The molecule has 0 radical (unpaired) electrons. The molecule has 0 aromatic rings. The van der Waals surface area contributed by atoms with E-state index in [0.29, 0.717) is 12.5 Å². The third-order valence-corrected chi connectivity index (χ3v) is 3.03. The third-order valence-electron chi connectivity index (χ3n) is 3.03. The lowest BCUT2D eigenvalue weighted by atomic mass is 9.80. The summed E-state index contributed by atoms with van der Waals surface area (Å²) in [5.74, 6) is 1.44. The number of aliphatic hydroxyl groups is 1. The molecule has 3 aliphatic heterocycles. The van der Waals surface area contributed by atoms with Crippen LogP contribution in [-0.2, 0) is 0 Å². The van der Waals surface area contributed by atoms with Gasteiger partial charge in [-0.25, -0.2) is 0 Å². The van der Waals surface area contributed by atoms with Crippen molar-refractivity contribution in [1.82, 2.24) is 4.90 Å². The van der Waals surface area contributed by atoms with Crippen LogP contribution in [0.3, 0.4) is 0 Å². The van der Waals surface area contributed by atoms with Crippen molar-refractivity contribution in [2.24, 2.45) is 11.8 Å². The maximum Gasteiger partial charge on any atom is 0.0474 e. The van der Waals surface area contributed by atoms with Gasteiger partial charge in [0, 0.05) is 13.2 Å². The van der Waals surface area contributed by atoms with Gasteiger partial charge in [-0.3, -0.25) is 0 Å². The summed E-state index contributed by atoms with van der Waals surface area (Å²) in [7, 11) is 0. The first-order valence-corrected chi connectivity index (χ1v) is 4.23. The fourth-order valence-electron chi connectivity index (χ4n) is 2.29. The Hall–Kier alpha value is -0.0800. The molecule has 3 rings (SSSR count). The van der Waals surface area contributed by atoms with Crippen LogP contribution in [-0.4, -0.2) is 36.2 Å². The Morgan fingerprint density at radius 3 is 2.30 bits per heavy atom. The number of fused-ring (bicyclic) bond motifs is 3. The summed E-state index contributed by atoms with van der Waals surface area (Å²) >= 11 is 0. The second-order valence-corrected chi connectivity index (χ2v) is 3.58. The molecule has 58 valence electrons. The van der Waals surface area contributed by atoms with E-state index in [1.54, 1.807) is 0 Å². The van der Waals surface area contributed by atoms with Crippen molar-refractivity contribution in [3.8, 4) is 0 Å². The normalized spacial score (nSPS) is 45.9. The average molecular weight is 141 g/mol. The van der Waals surface area contributed by atoms with E-state index >= 15 is 0 Å². The molecule has 1 N–H and O–H groups in total. The van der Waals surface area contributed by atoms with Crippen LogP contribution in [0.25, 0.3) is 0 Å². The van der Waals surface area contributed by atoms with Crippen LogP contribution in [0.5, 0.6) is 0 Å². The molecule has 2 heteroatoms. The number of piperidine rings is 3. The molecule has 10 heavy (non-hydrogen) atoms. The molecule has 0 spiro atoms. The summed E-state index contributed by atoms with van der Waals surface area (Å²) in [5, 5.41) is 8.99. The summed E-state index contributed by atoms with van der Waals surface area (Å²) < 4.78 is 0. The van der Waals surface area contributed by atoms with Crippen molar-refractivity contribution in [2.45, 2.75) is 12.8 Å². The first kappa shape index (κ1) is 6.62. The number of hydrogen-bond acceptors (Lipinski definition) is 2. The Morgan fingerprint density at radius 1 is 1.30 bits per heavy atom. The lowest BCUT2D eigenvalue weighted by Crippen LogP contribution is -2.48. The standard InChI is InChI=1S/C8H15NO/c10-6-8-5-9-3-1-7(8)2-4-9/h7-8,10H,1-6H2/t8-/m0/s1. The Morgan fingerprint density at radius 2 is 2.00 bits per heavy atom. The maximum atomic E-state index is 8.99. The largest absolute Gasteiger partial charge is 0.396 e. The monoisotopic (exact) mass is 141 g/mol. The minimum absolute atomic E-state index is 0.404. The van der Waals surface area contributed by atoms with Gasteiger partial charge in [0.25, 0.3) is 0 Å². The van der Waals surface area contributed by atoms with E-state index in [1.807, 2.05) is 0 Å². The molecule has 0 saturated carbocycles. The smallest absolute Gasteiger partial charge is 0.0474 e. The second kappa shape index (κ2) is 2.51. The lowest BCUT2D eigenvalue weighted by Gasteiger charge is -2.44. The van der Waals surface area contributed by atoms with Gasteiger partial charge in [-0.15, -0.1) is 0 Å². The quantitative estimate of drug-likeness (QED) is 0.568. The van der Waals surface area contributed by atoms with Crippen LogP contribution in [0, 0.1) is 11.8 Å². The van der Waals surface area contributed by atoms with Crippen molar-refractivity contribution in [2.75, 3.05) is 26.2 Å². The molecule has 3 fully saturated rings. The Balaban J connectivity index is 2.01. The zero-order valence-electron chi connectivity index (χ0n) is 6.29. The van der Waals surface area contributed by atoms with Crippen molar-refractivity contribution < 1.29 is 5.11 Å². The topological polar surface area (TPSA) is 23.5 Å². The van der Waals surface area contributed by atoms with E-state index in [4.69, 9.17) is 5.11 Å². The molecule has 2 bridgehead atoms. The summed E-state index contributed by atoms with van der Waals surface area (Å²) in [4.78, 5) is 2.47. The van der Waals surface area contributed by atoms with E-state index in [1.165, 1.54) is 25.9 Å². The summed E-state index contributed by atoms with van der Waals surface area (Å²) in [5.41, 5.74) is 0. The molecule has 0 aromatic heterocycles. The van der Waals surface area contributed by atoms with E-state index in [-0.39, 0.29) is 0 Å². The first-order chi connectivity index (χ1) is 4.90. The number of aliphatic hydroxyl groups excluding tert-OH is 1. The van der Waals surface area contributed by atoms with E-state index in [0.717, 1.165) is 12.5 Å². The molecular formula is C8H15NO. The van der Waals surface area contributed by atoms with Crippen LogP contribution in [0.15, 0.2) is 0 Å². The molecule has 1 atom stereocenters. The van der Waals surface area contributed by atoms with E-state index in [2.05, 4.69) is 4.90 Å². The summed E-state index contributed by atoms with van der Waals surface area (Å²) in [6.07, 6.45) is 2.65. The highest BCUT2D eigenvalue weighted by atomic mass is 16.3. The van der Waals surface area contributed by atoms with Crippen LogP contribution in [0.4, 0.5) is 0 Å². The lowest BCUT2D eigenvalue weighted by molar-refractivity contribution is 0.0198. The SMILES string of the molecule is OC[C@@H]1CN2CCC1CC2. The van der Waals surface area contributed by atoms with Crippen molar-refractivity contribution >= 4 is 0 Å². The highest BCUT2D eigenvalue weighted by Gasteiger charge is 2.33. The van der Waals surface area contributed by atoms with E-state index in [9.17, 15) is 0 Å². The van der Waals surface area contributed by atoms with Crippen molar-refractivity contribution in [3.63, 3.8) is 0 Å². The number of rotatable bonds is 1. The minimum atomic E-state index is 0.404. The molecular weight excluding hydrogens is 126 g/mol. The summed E-state index contributed by atoms with van der Waals surface area (Å²) in [6, 6.07) is 0. The van der Waals surface area contributed by atoms with Crippen LogP contribution in [0.1, 0.15) is 12.8 Å². The van der Waals surface area contributed by atoms with Gasteiger partial charge in [-0.05, 0) is 37.8 Å². The molecule has 3 heterocycles. The zero-order valence-corrected chi connectivity index (χ0v) is 6.29. The predicted molar refractivity (Wildman–Crippen MR) is 39.7 cm³/mol.